The van der Waals surface area contributed by atoms with Gasteiger partial charge < -0.3 is 28.7 Å². The van der Waals surface area contributed by atoms with Crippen LogP contribution < -0.4 is 4.74 Å². The molecule has 0 saturated carbocycles. The molecule has 1 aliphatic heterocycles. The predicted molar refractivity (Wildman–Crippen MR) is 123 cm³/mol. The second kappa shape index (κ2) is 11.8. The Labute approximate surface area is 209 Å². The number of benzene rings is 2. The van der Waals surface area contributed by atoms with Crippen LogP contribution >= 0.6 is 23.2 Å². The molecular formula is C22H21Cl2N3O8. The number of hydrogen-bond donors (Lipinski definition) is 1. The van der Waals surface area contributed by atoms with Crippen LogP contribution in [0, 0.1) is 10.1 Å². The van der Waals surface area contributed by atoms with Crippen LogP contribution in [-0.4, -0.2) is 52.2 Å². The number of methoxy groups -OCH3 is 1. The zero-order valence-electron chi connectivity index (χ0n) is 18.4. The van der Waals surface area contributed by atoms with E-state index < -0.39 is 22.9 Å². The van der Waals surface area contributed by atoms with Crippen LogP contribution in [0.1, 0.15) is 15.9 Å². The first-order valence-electron chi connectivity index (χ1n) is 10.1. The van der Waals surface area contributed by atoms with Gasteiger partial charge in [-0.15, -0.1) is 10.1 Å². The highest BCUT2D eigenvalue weighted by molar-refractivity contribution is 6.35. The Morgan fingerprint density at radius 2 is 2.09 bits per heavy atom. The van der Waals surface area contributed by atoms with Crippen LogP contribution in [0.15, 0.2) is 61.2 Å². The van der Waals surface area contributed by atoms with Gasteiger partial charge >= 0.3 is 5.97 Å². The number of aromatic nitrogens is 2. The molecule has 2 atom stereocenters. The van der Waals surface area contributed by atoms with E-state index in [-0.39, 0.29) is 13.2 Å². The molecule has 1 aliphatic rings. The molecule has 0 aliphatic carbocycles. The molecule has 0 bridgehead atoms. The van der Waals surface area contributed by atoms with Crippen LogP contribution in [0.3, 0.4) is 0 Å². The quantitative estimate of drug-likeness (QED) is 0.276. The summed E-state index contributed by atoms with van der Waals surface area (Å²) in [6, 6.07) is 12.1. The van der Waals surface area contributed by atoms with Gasteiger partial charge in [0.25, 0.3) is 5.09 Å². The monoisotopic (exact) mass is 525 g/mol. The third-order valence-corrected chi connectivity index (χ3v) is 5.42. The Morgan fingerprint density at radius 1 is 1.34 bits per heavy atom. The topological polar surface area (TPSA) is 135 Å². The molecule has 0 amide bonds. The lowest BCUT2D eigenvalue weighted by molar-refractivity contribution is -0.742. The van der Waals surface area contributed by atoms with Gasteiger partial charge in [-0.2, -0.15) is 0 Å². The van der Waals surface area contributed by atoms with Crippen molar-refractivity contribution in [3.8, 4) is 5.75 Å². The molecule has 2 aromatic carbocycles. The lowest BCUT2D eigenvalue weighted by atomic mass is 10.1. The van der Waals surface area contributed by atoms with Gasteiger partial charge in [0.05, 0.1) is 31.6 Å². The Balaban J connectivity index is 0.000000795. The van der Waals surface area contributed by atoms with E-state index in [4.69, 9.17) is 57.5 Å². The molecule has 1 N–H and O–H groups in total. The number of esters is 1. The molecule has 13 heteroatoms. The van der Waals surface area contributed by atoms with E-state index in [0.717, 1.165) is 0 Å². The molecule has 35 heavy (non-hydrogen) atoms. The number of para-hydroxylation sites is 1. The van der Waals surface area contributed by atoms with Gasteiger partial charge in [-0.05, 0) is 24.3 Å². The first-order valence-corrected chi connectivity index (χ1v) is 10.9. The number of hydrogen-bond acceptors (Lipinski definition) is 8. The lowest BCUT2D eigenvalue weighted by Crippen LogP contribution is -2.34. The highest BCUT2D eigenvalue weighted by Crippen LogP contribution is 2.40. The summed E-state index contributed by atoms with van der Waals surface area (Å²) in [7, 11) is 1.33. The van der Waals surface area contributed by atoms with E-state index in [1.54, 1.807) is 55.0 Å². The van der Waals surface area contributed by atoms with Crippen molar-refractivity contribution in [3.05, 3.63) is 92.5 Å². The van der Waals surface area contributed by atoms with E-state index in [9.17, 15) is 4.79 Å². The number of ether oxygens (including phenoxy) is 4. The fourth-order valence-corrected chi connectivity index (χ4v) is 3.98. The highest BCUT2D eigenvalue weighted by Gasteiger charge is 2.45. The number of rotatable bonds is 7. The standard InChI is InChI=1S/C22H20Cl2N2O5.HNO3/c1-28-21(27)17-4-2-3-5-20(17)29-11-16-12-30-22(31-16,13-26-9-8-25-14-26)18-7-6-15(23)10-19(18)24;2-1(3)4/h2-10,14,16H,11-13H2,1H3;(H,2,3,4)/t16-,22-;/m1./s1. The summed E-state index contributed by atoms with van der Waals surface area (Å²) in [6.45, 7) is 0.780. The van der Waals surface area contributed by atoms with Gasteiger partial charge in [-0.25, -0.2) is 9.78 Å². The minimum absolute atomic E-state index is 0.172. The second-order valence-electron chi connectivity index (χ2n) is 7.20. The minimum Gasteiger partial charge on any atom is -0.490 e. The minimum atomic E-state index is -1.50. The summed E-state index contributed by atoms with van der Waals surface area (Å²) in [6.07, 6.45) is 4.76. The van der Waals surface area contributed by atoms with Crippen molar-refractivity contribution >= 4 is 29.2 Å². The average molecular weight is 526 g/mol. The van der Waals surface area contributed by atoms with Gasteiger partial charge in [0.15, 0.2) is 0 Å². The number of nitrogens with zero attached hydrogens (tertiary/aromatic N) is 3. The van der Waals surface area contributed by atoms with E-state index >= 15 is 0 Å². The van der Waals surface area contributed by atoms with Gasteiger partial charge in [-0.1, -0.05) is 41.4 Å². The van der Waals surface area contributed by atoms with Crippen LogP contribution in [0.5, 0.6) is 5.75 Å². The van der Waals surface area contributed by atoms with E-state index in [0.29, 0.717) is 33.5 Å². The van der Waals surface area contributed by atoms with Gasteiger partial charge in [0.1, 0.15) is 24.0 Å². The zero-order chi connectivity index (χ0) is 25.4. The Kier molecular flexibility index (Phi) is 8.88. The largest absolute Gasteiger partial charge is 0.490 e. The SMILES string of the molecule is COC(=O)c1ccccc1OC[C@@H]1CO[C@@](Cn2ccnc2)(c2ccc(Cl)cc2Cl)O1.O=[N+]([O-])O. The van der Waals surface area contributed by atoms with Gasteiger partial charge in [-0.3, -0.25) is 0 Å². The fraction of sp³-hybridized carbons (Fsp3) is 0.273. The van der Waals surface area contributed by atoms with Gasteiger partial charge in [0, 0.05) is 23.0 Å². The normalized spacial score (nSPS) is 18.9. The van der Waals surface area contributed by atoms with Crippen molar-refractivity contribution in [1.82, 2.24) is 9.55 Å². The van der Waals surface area contributed by atoms with Crippen LogP contribution in [0.25, 0.3) is 0 Å². The molecule has 186 valence electrons. The van der Waals surface area contributed by atoms with Crippen LogP contribution in [0.2, 0.25) is 10.0 Å². The average Bonchev–Trinajstić information content (AvgIpc) is 3.47. The number of carbonyl (C=O) groups is 1. The van der Waals surface area contributed by atoms with E-state index in [1.807, 2.05) is 10.8 Å². The summed E-state index contributed by atoms with van der Waals surface area (Å²) in [5.41, 5.74) is 0.999. The molecule has 3 aromatic rings. The molecule has 4 rings (SSSR count). The molecule has 1 fully saturated rings. The summed E-state index contributed by atoms with van der Waals surface area (Å²) in [5.74, 6) is -1.20. The maximum atomic E-state index is 12.0. The van der Waals surface area contributed by atoms with Crippen molar-refractivity contribution in [2.75, 3.05) is 20.3 Å². The molecule has 1 saturated heterocycles. The highest BCUT2D eigenvalue weighted by atomic mass is 35.5. The molecule has 1 aromatic heterocycles. The maximum absolute atomic E-state index is 12.0. The van der Waals surface area contributed by atoms with E-state index in [2.05, 4.69) is 4.98 Å². The number of carbonyl (C=O) groups excluding carboxylic acids is 1. The molecule has 2 heterocycles. The zero-order valence-corrected chi connectivity index (χ0v) is 19.9. The summed E-state index contributed by atoms with van der Waals surface area (Å²) in [4.78, 5) is 24.4. The van der Waals surface area contributed by atoms with E-state index in [1.165, 1.54) is 7.11 Å². The van der Waals surface area contributed by atoms with Crippen molar-refractivity contribution < 1.29 is 34.0 Å². The summed E-state index contributed by atoms with van der Waals surface area (Å²) in [5, 5.41) is 14.6. The lowest BCUT2D eigenvalue weighted by Gasteiger charge is -2.30. The van der Waals surface area contributed by atoms with Gasteiger partial charge in [0.2, 0.25) is 5.79 Å². The molecule has 0 spiro atoms. The summed E-state index contributed by atoms with van der Waals surface area (Å²) < 4.78 is 25.0. The van der Waals surface area contributed by atoms with Crippen molar-refractivity contribution in [3.63, 3.8) is 0 Å². The number of halogens is 2. The number of imidazole rings is 1. The molecule has 11 nitrogen and oxygen atoms in total. The van der Waals surface area contributed by atoms with Crippen molar-refractivity contribution in [2.24, 2.45) is 0 Å². The maximum Gasteiger partial charge on any atom is 0.341 e. The Morgan fingerprint density at radius 3 is 2.74 bits per heavy atom. The molecule has 0 radical (unpaired) electrons. The van der Waals surface area contributed by atoms with Crippen molar-refractivity contribution in [2.45, 2.75) is 18.4 Å². The third kappa shape index (κ3) is 6.83. The third-order valence-electron chi connectivity index (χ3n) is 4.87. The second-order valence-corrected chi connectivity index (χ2v) is 8.04. The fourth-order valence-electron chi connectivity index (χ4n) is 3.43. The first-order chi connectivity index (χ1) is 16.7. The summed E-state index contributed by atoms with van der Waals surface area (Å²) >= 11 is 12.6. The predicted octanol–water partition coefficient (Wildman–Crippen LogP) is 3.98. The smallest absolute Gasteiger partial charge is 0.341 e. The molecule has 0 unspecified atom stereocenters. The Bertz CT molecular complexity index is 1160. The van der Waals surface area contributed by atoms with Crippen LogP contribution in [0.4, 0.5) is 0 Å². The van der Waals surface area contributed by atoms with Crippen molar-refractivity contribution in [1.29, 1.82) is 0 Å². The Hall–Kier alpha value is -3.38. The first kappa shape index (κ1) is 26.2. The molecular weight excluding hydrogens is 505 g/mol. The van der Waals surface area contributed by atoms with Crippen LogP contribution in [-0.2, 0) is 26.5 Å².